The molecule has 0 fully saturated rings. The van der Waals surface area contributed by atoms with Gasteiger partial charge in [-0.15, -0.1) is 0 Å². The number of carbonyl (C=O) groups is 1. The van der Waals surface area contributed by atoms with Gasteiger partial charge in [-0.2, -0.15) is 0 Å². The van der Waals surface area contributed by atoms with Crippen LogP contribution in [0.15, 0.2) is 0 Å². The van der Waals surface area contributed by atoms with Crippen molar-refractivity contribution in [2.45, 2.75) is 32.4 Å². The molecule has 4 heteroatoms. The first-order chi connectivity index (χ1) is 6.02. The first-order valence-electron chi connectivity index (χ1n) is 4.47. The van der Waals surface area contributed by atoms with Gasteiger partial charge < -0.3 is 4.74 Å². The minimum atomic E-state index is -0.918. The van der Waals surface area contributed by atoms with E-state index >= 15 is 0 Å². The van der Waals surface area contributed by atoms with E-state index in [4.69, 9.17) is 0 Å². The van der Waals surface area contributed by atoms with E-state index in [2.05, 4.69) is 4.74 Å². The van der Waals surface area contributed by atoms with Gasteiger partial charge in [-0.25, -0.2) is 0 Å². The highest BCUT2D eigenvalue weighted by Crippen LogP contribution is 2.07. The Morgan fingerprint density at radius 1 is 1.46 bits per heavy atom. The molecule has 3 nitrogen and oxygen atoms in total. The van der Waals surface area contributed by atoms with Crippen LogP contribution >= 0.6 is 0 Å². The van der Waals surface area contributed by atoms with Crippen molar-refractivity contribution in [1.82, 2.24) is 0 Å². The fourth-order valence-corrected chi connectivity index (χ4v) is 2.19. The number of rotatable bonds is 5. The molecule has 13 heavy (non-hydrogen) atoms. The summed E-state index contributed by atoms with van der Waals surface area (Å²) in [7, 11) is 0.434. The number of methoxy groups -OCH3 is 1. The van der Waals surface area contributed by atoms with Crippen molar-refractivity contribution in [2.24, 2.45) is 5.92 Å². The maximum absolute atomic E-state index is 11.5. The fraction of sp³-hybridized carbons (Fsp3) is 0.889. The topological polar surface area (TPSA) is 43.4 Å². The van der Waals surface area contributed by atoms with Crippen molar-refractivity contribution >= 4 is 16.8 Å². The Kier molecular flexibility index (Phi) is 5.95. The molecule has 0 rings (SSSR count). The van der Waals surface area contributed by atoms with Crippen LogP contribution in [0.5, 0.6) is 0 Å². The molecule has 0 saturated carbocycles. The summed E-state index contributed by atoms with van der Waals surface area (Å²) in [4.78, 5) is 11.0. The van der Waals surface area contributed by atoms with E-state index in [9.17, 15) is 9.00 Å². The summed E-state index contributed by atoms with van der Waals surface area (Å²) in [6.07, 6.45) is 0.875. The summed E-state index contributed by atoms with van der Waals surface area (Å²) in [6.45, 7) is 5.66. The van der Waals surface area contributed by atoms with E-state index in [1.165, 1.54) is 7.11 Å². The van der Waals surface area contributed by atoms with Crippen LogP contribution < -0.4 is 0 Å². The van der Waals surface area contributed by atoms with Crippen LogP contribution in [0, 0.1) is 5.92 Å². The minimum Gasteiger partial charge on any atom is -0.469 e. The monoisotopic (exact) mass is 206 g/mol. The molecule has 0 amide bonds. The molecule has 0 aromatic heterocycles. The Morgan fingerprint density at radius 3 is 2.38 bits per heavy atom. The third kappa shape index (κ3) is 4.41. The van der Waals surface area contributed by atoms with Gasteiger partial charge in [-0.3, -0.25) is 9.00 Å². The Labute approximate surface area is 82.3 Å². The predicted molar refractivity (Wildman–Crippen MR) is 53.9 cm³/mol. The number of hydrogen-bond acceptors (Lipinski definition) is 3. The first-order valence-corrected chi connectivity index (χ1v) is 5.86. The maximum Gasteiger partial charge on any atom is 0.309 e. The molecule has 0 aliphatic heterocycles. The average molecular weight is 206 g/mol. The van der Waals surface area contributed by atoms with Crippen molar-refractivity contribution < 1.29 is 13.7 Å². The van der Waals surface area contributed by atoms with Crippen LogP contribution in [0.3, 0.4) is 0 Å². The normalized spacial score (nSPS) is 17.5. The van der Waals surface area contributed by atoms with Gasteiger partial charge in [-0.05, 0) is 6.42 Å². The van der Waals surface area contributed by atoms with Crippen LogP contribution in [0.4, 0.5) is 0 Å². The quantitative estimate of drug-likeness (QED) is 0.638. The summed E-state index contributed by atoms with van der Waals surface area (Å²) in [5, 5.41) is 0.159. The van der Waals surface area contributed by atoms with Gasteiger partial charge in [0.1, 0.15) is 0 Å². The number of esters is 1. The van der Waals surface area contributed by atoms with Crippen molar-refractivity contribution in [3.05, 3.63) is 0 Å². The smallest absolute Gasteiger partial charge is 0.309 e. The molecule has 0 N–H and O–H groups in total. The van der Waals surface area contributed by atoms with E-state index in [-0.39, 0.29) is 17.1 Å². The van der Waals surface area contributed by atoms with Crippen molar-refractivity contribution in [2.75, 3.05) is 12.9 Å². The molecule has 3 unspecified atom stereocenters. The summed E-state index contributed by atoms with van der Waals surface area (Å²) < 4.78 is 16.1. The molecule has 0 bridgehead atoms. The molecule has 78 valence electrons. The first kappa shape index (κ1) is 12.6. The molecule has 0 radical (unpaired) electrons. The van der Waals surface area contributed by atoms with E-state index in [0.717, 1.165) is 6.42 Å². The molecular formula is C9H18O3S. The molecular weight excluding hydrogens is 188 g/mol. The zero-order valence-corrected chi connectivity index (χ0v) is 9.52. The summed E-state index contributed by atoms with van der Waals surface area (Å²) >= 11 is 0. The van der Waals surface area contributed by atoms with E-state index < -0.39 is 10.8 Å². The predicted octanol–water partition coefficient (Wildman–Crippen LogP) is 1.34. The second kappa shape index (κ2) is 6.13. The van der Waals surface area contributed by atoms with Gasteiger partial charge in [-0.1, -0.05) is 20.8 Å². The lowest BCUT2D eigenvalue weighted by molar-refractivity contribution is -0.144. The zero-order chi connectivity index (χ0) is 10.4. The van der Waals surface area contributed by atoms with Gasteiger partial charge in [0, 0.05) is 21.8 Å². The lowest BCUT2D eigenvalue weighted by atomic mass is 10.2. The SMILES string of the molecule is CCC(C)S(=O)CC(C)C(=O)OC. The van der Waals surface area contributed by atoms with Gasteiger partial charge in [0.2, 0.25) is 0 Å². The van der Waals surface area contributed by atoms with Crippen LogP contribution in [0.25, 0.3) is 0 Å². The third-order valence-electron chi connectivity index (χ3n) is 2.04. The lowest BCUT2D eigenvalue weighted by Gasteiger charge is -2.12. The van der Waals surface area contributed by atoms with Gasteiger partial charge in [0.25, 0.3) is 0 Å². The average Bonchev–Trinajstić information content (AvgIpc) is 2.14. The highest BCUT2D eigenvalue weighted by Gasteiger charge is 2.18. The molecule has 0 heterocycles. The maximum atomic E-state index is 11.5. The van der Waals surface area contributed by atoms with Crippen LogP contribution in [-0.2, 0) is 20.3 Å². The number of hydrogen-bond donors (Lipinski definition) is 0. The summed E-state index contributed by atoms with van der Waals surface area (Å²) in [5.41, 5.74) is 0. The fourth-order valence-electron chi connectivity index (χ4n) is 0.866. The highest BCUT2D eigenvalue weighted by molar-refractivity contribution is 7.85. The molecule has 0 aliphatic carbocycles. The largest absolute Gasteiger partial charge is 0.469 e. The molecule has 3 atom stereocenters. The summed E-state index contributed by atoms with van der Waals surface area (Å²) in [6, 6.07) is 0. The second-order valence-electron chi connectivity index (χ2n) is 3.19. The Balaban J connectivity index is 3.98. The third-order valence-corrected chi connectivity index (χ3v) is 4.10. The summed E-state index contributed by atoms with van der Waals surface area (Å²) in [5.74, 6) is -0.140. The Hall–Kier alpha value is -0.380. The van der Waals surface area contributed by atoms with Gasteiger partial charge >= 0.3 is 5.97 Å². The lowest BCUT2D eigenvalue weighted by Crippen LogP contribution is -2.23. The van der Waals surface area contributed by atoms with Crippen molar-refractivity contribution in [3.63, 3.8) is 0 Å². The standard InChI is InChI=1S/C9H18O3S/c1-5-8(3)13(11)6-7(2)9(10)12-4/h7-8H,5-6H2,1-4H3. The van der Waals surface area contributed by atoms with Gasteiger partial charge in [0.15, 0.2) is 0 Å². The van der Waals surface area contributed by atoms with E-state index in [0.29, 0.717) is 5.75 Å². The second-order valence-corrected chi connectivity index (χ2v) is 5.09. The van der Waals surface area contributed by atoms with Gasteiger partial charge in [0.05, 0.1) is 13.0 Å². The van der Waals surface area contributed by atoms with Crippen LogP contribution in [0.1, 0.15) is 27.2 Å². The number of ether oxygens (including phenoxy) is 1. The molecule has 0 aliphatic rings. The van der Waals surface area contributed by atoms with Crippen LogP contribution in [-0.4, -0.2) is 28.3 Å². The van der Waals surface area contributed by atoms with Crippen LogP contribution in [0.2, 0.25) is 0 Å². The number of carbonyl (C=O) groups excluding carboxylic acids is 1. The van der Waals surface area contributed by atoms with E-state index in [1.807, 2.05) is 13.8 Å². The Bertz CT molecular complexity index is 191. The molecule has 0 aromatic carbocycles. The van der Waals surface area contributed by atoms with Crippen molar-refractivity contribution in [1.29, 1.82) is 0 Å². The molecule has 0 aromatic rings. The minimum absolute atomic E-state index is 0.159. The highest BCUT2D eigenvalue weighted by atomic mass is 32.2. The zero-order valence-electron chi connectivity index (χ0n) is 8.70. The molecule has 0 spiro atoms. The Morgan fingerprint density at radius 2 is 2.00 bits per heavy atom. The molecule has 0 saturated heterocycles. The van der Waals surface area contributed by atoms with Crippen molar-refractivity contribution in [3.8, 4) is 0 Å². The van der Waals surface area contributed by atoms with E-state index in [1.54, 1.807) is 6.92 Å².